The summed E-state index contributed by atoms with van der Waals surface area (Å²) in [6.07, 6.45) is 32.5. The summed E-state index contributed by atoms with van der Waals surface area (Å²) in [7, 11) is 0. The largest absolute Gasteiger partial charge is 0.463 e. The molecule has 2 aliphatic carbocycles. The number of ketones is 3. The van der Waals surface area contributed by atoms with Crippen molar-refractivity contribution in [2.75, 3.05) is 22.1 Å². The van der Waals surface area contributed by atoms with Gasteiger partial charge in [0.15, 0.2) is 5.79 Å². The number of allylic oxidation sites excluding steroid dienone is 4. The molecule has 1 heterocycles. The summed E-state index contributed by atoms with van der Waals surface area (Å²) in [5.74, 6) is 1.51. The van der Waals surface area contributed by atoms with Gasteiger partial charge in [-0.2, -0.15) is 5.26 Å². The first-order chi connectivity index (χ1) is 33.6. The summed E-state index contributed by atoms with van der Waals surface area (Å²) >= 11 is 4.83. The third-order valence-electron chi connectivity index (χ3n) is 13.5. The van der Waals surface area contributed by atoms with Crippen LogP contribution in [-0.2, 0) is 52.6 Å². The van der Waals surface area contributed by atoms with Crippen LogP contribution in [0.15, 0.2) is 24.3 Å². The first-order valence-corrected chi connectivity index (χ1v) is 30.1. The summed E-state index contributed by atoms with van der Waals surface area (Å²) in [6.45, 7) is 14.4. The summed E-state index contributed by atoms with van der Waals surface area (Å²) in [5, 5.41) is 7.29. The fraction of sp³-hybridized carbons (Fsp3) is 0.821. The van der Waals surface area contributed by atoms with E-state index in [-0.39, 0.29) is 36.0 Å². The summed E-state index contributed by atoms with van der Waals surface area (Å²) in [5.41, 5.74) is 0. The van der Waals surface area contributed by atoms with Gasteiger partial charge in [-0.25, -0.2) is 4.79 Å². The van der Waals surface area contributed by atoms with Crippen molar-refractivity contribution < 1.29 is 57.9 Å². The zero-order chi connectivity index (χ0) is 52.2. The van der Waals surface area contributed by atoms with E-state index in [4.69, 9.17) is 24.2 Å². The van der Waals surface area contributed by atoms with Crippen LogP contribution >= 0.6 is 45.2 Å². The Labute approximate surface area is 450 Å². The van der Waals surface area contributed by atoms with Gasteiger partial charge in [0.2, 0.25) is 0 Å². The Kier molecular flexibility index (Phi) is 38.4. The fourth-order valence-corrected chi connectivity index (χ4v) is 11.8. The number of halogens is 2. The molecule has 0 spiro atoms. The number of alkyl halides is 2. The maximum atomic E-state index is 12.9. The summed E-state index contributed by atoms with van der Waals surface area (Å²) < 4.78 is 24.6. The lowest BCUT2D eigenvalue weighted by Crippen LogP contribution is -2.32. The number of unbranched alkanes of at least 4 members (excludes halogenated alkanes) is 10. The number of rotatable bonds is 34. The second-order valence-corrected chi connectivity index (χ2v) is 21.9. The van der Waals surface area contributed by atoms with E-state index < -0.39 is 11.8 Å². The summed E-state index contributed by atoms with van der Waals surface area (Å²) in [6, 6.07) is 0. The molecule has 0 aromatic rings. The zero-order valence-corrected chi connectivity index (χ0v) is 48.7. The molecule has 0 radical (unpaired) electrons. The molecule has 0 amide bonds. The molecule has 70 heavy (non-hydrogen) atoms. The number of esters is 2. The van der Waals surface area contributed by atoms with Crippen LogP contribution in [0, 0.1) is 35.5 Å². The van der Waals surface area contributed by atoms with E-state index in [9.17, 15) is 28.8 Å². The average Bonchev–Trinajstić information content (AvgIpc) is 4.01. The van der Waals surface area contributed by atoms with Crippen molar-refractivity contribution >= 4 is 80.4 Å². The number of Topliss-reactive ketones (excluding diaryl/α,β-unsaturated/α-hetero) is 3. The normalized spacial score (nSPS) is 21.8. The highest BCUT2D eigenvalue weighted by molar-refractivity contribution is 14.1. The molecule has 1 saturated heterocycles. The Morgan fingerprint density at radius 2 is 1.07 bits per heavy atom. The number of ether oxygens (including phenoxy) is 4. The van der Waals surface area contributed by atoms with E-state index >= 15 is 0 Å². The highest BCUT2D eigenvalue weighted by atomic mass is 127. The van der Waals surface area contributed by atoms with Crippen LogP contribution in [0.25, 0.3) is 0 Å². The molecule has 0 aromatic carbocycles. The van der Waals surface area contributed by atoms with E-state index in [1.165, 1.54) is 44.9 Å². The molecule has 404 valence electrons. The van der Waals surface area contributed by atoms with Gasteiger partial charge in [-0.15, -0.1) is 0 Å². The Balaban J connectivity index is 0.000000640. The molecule has 3 rings (SSSR count). The predicted octanol–water partition coefficient (Wildman–Crippen LogP) is 14.2. The van der Waals surface area contributed by atoms with Gasteiger partial charge in [0, 0.05) is 79.0 Å². The lowest BCUT2D eigenvalue weighted by atomic mass is 9.82. The number of carbonyl (C=O) groups excluding carboxylic acids is 6. The number of carbonyl (C=O) groups is 6. The van der Waals surface area contributed by atoms with E-state index in [0.29, 0.717) is 92.8 Å². The molecule has 1 N–H and O–H groups in total. The van der Waals surface area contributed by atoms with Crippen molar-refractivity contribution in [1.82, 2.24) is 0 Å². The molecule has 2 saturated carbocycles. The van der Waals surface area contributed by atoms with Crippen LogP contribution in [0.4, 0.5) is 0 Å². The minimum Gasteiger partial charge on any atom is -0.463 e. The van der Waals surface area contributed by atoms with Crippen LogP contribution in [0.5, 0.6) is 0 Å². The average molecular weight is 1210 g/mol. The van der Waals surface area contributed by atoms with Crippen LogP contribution < -0.4 is 0 Å². The topological polar surface area (TPSA) is 169 Å². The molecular weight excluding hydrogens is 1120 g/mol. The molecular formula is C56H94I2O12. The quantitative estimate of drug-likeness (QED) is 0.00947. The fourth-order valence-electron chi connectivity index (χ4n) is 9.85. The van der Waals surface area contributed by atoms with Crippen LogP contribution in [0.2, 0.25) is 0 Å². The summed E-state index contributed by atoms with van der Waals surface area (Å²) in [4.78, 5) is 73.5. The Morgan fingerprint density at radius 1 is 0.629 bits per heavy atom. The molecule has 12 nitrogen and oxygen atoms in total. The van der Waals surface area contributed by atoms with Crippen LogP contribution in [0.1, 0.15) is 215 Å². The first kappa shape index (κ1) is 66.3. The Bertz CT molecular complexity index is 1520. The van der Waals surface area contributed by atoms with E-state index in [2.05, 4.69) is 88.2 Å². The monoisotopic (exact) mass is 1210 g/mol. The lowest BCUT2D eigenvalue weighted by Gasteiger charge is -2.31. The van der Waals surface area contributed by atoms with Crippen molar-refractivity contribution in [2.45, 2.75) is 233 Å². The Morgan fingerprint density at radius 3 is 1.50 bits per heavy atom. The molecule has 3 aliphatic rings. The van der Waals surface area contributed by atoms with Crippen LogP contribution in [-0.4, -0.2) is 80.6 Å². The number of hydrogen-bond acceptors (Lipinski definition) is 12. The van der Waals surface area contributed by atoms with Gasteiger partial charge in [-0.3, -0.25) is 24.0 Å². The first-order valence-electron chi connectivity index (χ1n) is 27.0. The molecule has 6 atom stereocenters. The van der Waals surface area contributed by atoms with Gasteiger partial charge < -0.3 is 23.8 Å². The third-order valence-corrected chi connectivity index (χ3v) is 15.8. The minimum atomic E-state index is -0.690. The van der Waals surface area contributed by atoms with Gasteiger partial charge in [0.25, 0.3) is 0 Å². The highest BCUT2D eigenvalue weighted by Gasteiger charge is 2.44. The molecule has 2 unspecified atom stereocenters. The van der Waals surface area contributed by atoms with Gasteiger partial charge >= 0.3 is 17.9 Å². The third kappa shape index (κ3) is 29.8. The van der Waals surface area contributed by atoms with Gasteiger partial charge in [0.1, 0.15) is 17.3 Å². The van der Waals surface area contributed by atoms with Gasteiger partial charge in [0.05, 0.1) is 25.4 Å². The SMILES string of the molecule is CC(=O)OO.CCCCCCCC(=O)CC[C@@H]1C(CC=CCCCC(=O)OC(C)C)C(=O)C[C@H]1CI.CCCCCCCC1(CC[C@@H]2C(CC=CCCCC(=O)OC(C)C)C(=O)C[C@H]2CI)OCCO1. The van der Waals surface area contributed by atoms with E-state index in [1.54, 1.807) is 0 Å². The standard InChI is InChI=1S/C28H47IO5.C26H43IO4.C2H4O3/c1-4-5-6-9-12-16-28(32-18-19-33-28)17-15-24-23(21-29)20-26(30)25(24)13-10-7-8-11-14-27(31)34-22(2)3;1-4-5-6-7-10-13-22(28)16-17-23-21(19-27)18-25(29)24(23)14-11-8-9-12-15-26(30)31-20(2)3;1-2(3)5-4/h7,10,22-25H,4-6,8-9,11-21H2,1-3H3;8,11,20-21,23-24H,4-7,9-10,12-19H2,1-3H3;4H,1H3/t23-,24-,25?;21-,23-,24?;/m00./s1. The van der Waals surface area contributed by atoms with Crippen molar-refractivity contribution in [2.24, 2.45) is 35.5 Å². The lowest BCUT2D eigenvalue weighted by molar-refractivity contribution is -0.231. The van der Waals surface area contributed by atoms with E-state index in [1.807, 2.05) is 27.7 Å². The van der Waals surface area contributed by atoms with E-state index in [0.717, 1.165) is 99.2 Å². The second-order valence-electron chi connectivity index (χ2n) is 20.1. The molecule has 0 bridgehead atoms. The second kappa shape index (κ2) is 40.6. The van der Waals surface area contributed by atoms with Crippen molar-refractivity contribution in [3.8, 4) is 0 Å². The van der Waals surface area contributed by atoms with Crippen molar-refractivity contribution in [3.63, 3.8) is 0 Å². The smallest absolute Gasteiger partial charge is 0.339 e. The molecule has 14 heteroatoms. The van der Waals surface area contributed by atoms with Crippen molar-refractivity contribution in [1.29, 1.82) is 0 Å². The molecule has 1 aliphatic heterocycles. The van der Waals surface area contributed by atoms with Crippen LogP contribution in [0.3, 0.4) is 0 Å². The van der Waals surface area contributed by atoms with Gasteiger partial charge in [-0.1, -0.05) is 135 Å². The van der Waals surface area contributed by atoms with Crippen molar-refractivity contribution in [3.05, 3.63) is 24.3 Å². The highest BCUT2D eigenvalue weighted by Crippen LogP contribution is 2.44. The van der Waals surface area contributed by atoms with Gasteiger partial charge in [-0.05, 0) is 116 Å². The maximum absolute atomic E-state index is 12.9. The number of hydrogen-bond donors (Lipinski definition) is 1. The predicted molar refractivity (Wildman–Crippen MR) is 295 cm³/mol. The Hall–Kier alpha value is -1.76. The maximum Gasteiger partial charge on any atom is 0.339 e. The molecule has 0 aromatic heterocycles. The minimum absolute atomic E-state index is 0.0549. The zero-order valence-electron chi connectivity index (χ0n) is 44.3. The molecule has 3 fully saturated rings.